The van der Waals surface area contributed by atoms with Gasteiger partial charge in [-0.05, 0) is 24.3 Å². The maximum Gasteiger partial charge on any atom is 0.345 e. The number of amidine groups is 1. The second-order valence-corrected chi connectivity index (χ2v) is 5.16. The Bertz CT molecular complexity index is 702. The average Bonchev–Trinajstić information content (AvgIpc) is 3.11. The van der Waals surface area contributed by atoms with E-state index in [4.69, 9.17) is 14.2 Å². The molecule has 1 unspecified atom stereocenters. The van der Waals surface area contributed by atoms with E-state index >= 15 is 0 Å². The van der Waals surface area contributed by atoms with Crippen LogP contribution in [0.5, 0.6) is 17.2 Å². The van der Waals surface area contributed by atoms with E-state index in [2.05, 4.69) is 10.3 Å². The predicted molar refractivity (Wildman–Crippen MR) is 82.7 cm³/mol. The van der Waals surface area contributed by atoms with Crippen molar-refractivity contribution in [1.82, 2.24) is 5.32 Å². The first-order chi connectivity index (χ1) is 10.9. The average molecular weight is 296 g/mol. The first kappa shape index (κ1) is 13.0. The van der Waals surface area contributed by atoms with E-state index in [9.17, 15) is 0 Å². The molecular formula is C17H16N2O3. The number of nitrogens with zero attached hydrogens (tertiary/aromatic N) is 1. The van der Waals surface area contributed by atoms with Crippen molar-refractivity contribution in [1.29, 1.82) is 0 Å². The molecule has 5 nitrogen and oxygen atoms in total. The summed E-state index contributed by atoms with van der Waals surface area (Å²) in [6, 6.07) is 17.1. The number of hydrogen-bond acceptors (Lipinski definition) is 5. The van der Waals surface area contributed by atoms with Gasteiger partial charge < -0.3 is 19.5 Å². The topological polar surface area (TPSA) is 52.1 Å². The van der Waals surface area contributed by atoms with Gasteiger partial charge in [-0.1, -0.05) is 30.3 Å². The fraction of sp³-hybridized carbons (Fsp3) is 0.235. The maximum atomic E-state index is 6.17. The highest BCUT2D eigenvalue weighted by Gasteiger charge is 2.47. The number of nitrogens with one attached hydrogen (secondary N) is 1. The third kappa shape index (κ3) is 2.24. The molecule has 1 N–H and O–H groups in total. The zero-order valence-electron chi connectivity index (χ0n) is 12.0. The number of aliphatic imine (C=N–C) groups is 1. The van der Waals surface area contributed by atoms with Crippen molar-refractivity contribution in [2.24, 2.45) is 4.99 Å². The van der Waals surface area contributed by atoms with Gasteiger partial charge >= 0.3 is 5.79 Å². The van der Waals surface area contributed by atoms with Gasteiger partial charge in [0.1, 0.15) is 5.75 Å². The lowest BCUT2D eigenvalue weighted by atomic mass is 10.2. The molecule has 4 rings (SSSR count). The van der Waals surface area contributed by atoms with Crippen LogP contribution in [0.25, 0.3) is 0 Å². The highest BCUT2D eigenvalue weighted by molar-refractivity contribution is 5.91. The molecule has 22 heavy (non-hydrogen) atoms. The van der Waals surface area contributed by atoms with Crippen molar-refractivity contribution >= 4 is 5.84 Å². The summed E-state index contributed by atoms with van der Waals surface area (Å²) in [5.41, 5.74) is 0. The van der Waals surface area contributed by atoms with Crippen LogP contribution in [-0.2, 0) is 0 Å². The van der Waals surface area contributed by atoms with Crippen LogP contribution < -0.4 is 19.5 Å². The van der Waals surface area contributed by atoms with Crippen LogP contribution in [0.2, 0.25) is 0 Å². The lowest BCUT2D eigenvalue weighted by Gasteiger charge is -2.37. The maximum absolute atomic E-state index is 6.17. The van der Waals surface area contributed by atoms with Gasteiger partial charge in [0.25, 0.3) is 0 Å². The van der Waals surface area contributed by atoms with E-state index in [-0.39, 0.29) is 6.61 Å². The minimum atomic E-state index is -1.08. The van der Waals surface area contributed by atoms with Gasteiger partial charge in [-0.25, -0.2) is 0 Å². The molecule has 2 aromatic rings. The van der Waals surface area contributed by atoms with Crippen LogP contribution in [0.3, 0.4) is 0 Å². The van der Waals surface area contributed by atoms with Gasteiger partial charge in [-0.3, -0.25) is 4.99 Å². The molecule has 0 radical (unpaired) electrons. The smallest absolute Gasteiger partial charge is 0.345 e. The van der Waals surface area contributed by atoms with Crippen LogP contribution in [0, 0.1) is 0 Å². The first-order valence-corrected chi connectivity index (χ1v) is 7.29. The van der Waals surface area contributed by atoms with E-state index < -0.39 is 5.79 Å². The van der Waals surface area contributed by atoms with Gasteiger partial charge in [0.05, 0.1) is 6.54 Å². The minimum Gasteiger partial charge on any atom is -0.481 e. The quantitative estimate of drug-likeness (QED) is 0.943. The molecular weight excluding hydrogens is 280 g/mol. The summed E-state index contributed by atoms with van der Waals surface area (Å²) in [5.74, 6) is 1.67. The normalized spacial score (nSPS) is 22.6. The number of hydrogen-bond donors (Lipinski definition) is 1. The fourth-order valence-electron chi connectivity index (χ4n) is 2.58. The zero-order valence-corrected chi connectivity index (χ0v) is 12.0. The second-order valence-electron chi connectivity index (χ2n) is 5.16. The summed E-state index contributed by atoms with van der Waals surface area (Å²) in [6.07, 6.45) is 0. The number of fused-ring (bicyclic) bond motifs is 1. The monoisotopic (exact) mass is 296 g/mol. The molecule has 0 saturated heterocycles. The third-order valence-electron chi connectivity index (χ3n) is 3.60. The van der Waals surface area contributed by atoms with Crippen molar-refractivity contribution in [2.75, 3.05) is 19.7 Å². The number of benzene rings is 2. The molecule has 2 aliphatic heterocycles. The van der Waals surface area contributed by atoms with Crippen molar-refractivity contribution < 1.29 is 14.2 Å². The van der Waals surface area contributed by atoms with Crippen molar-refractivity contribution in [2.45, 2.75) is 5.79 Å². The summed E-state index contributed by atoms with van der Waals surface area (Å²) in [6.45, 7) is 1.73. The summed E-state index contributed by atoms with van der Waals surface area (Å²) in [7, 11) is 0. The standard InChI is InChI=1S/C17H16N2O3/c1-2-6-13(7-3-1)21-17(16-18-10-11-19-16)12-20-14-8-4-5-9-15(14)22-17/h1-9H,10-12H2,(H,18,19). The first-order valence-electron chi connectivity index (χ1n) is 7.29. The molecule has 2 aliphatic rings. The van der Waals surface area contributed by atoms with Crippen molar-refractivity contribution in [3.05, 3.63) is 54.6 Å². The van der Waals surface area contributed by atoms with E-state index in [1.54, 1.807) is 0 Å². The molecule has 0 spiro atoms. The number of rotatable bonds is 3. The Kier molecular flexibility index (Phi) is 3.11. The van der Waals surface area contributed by atoms with E-state index in [1.807, 2.05) is 54.6 Å². The Morgan fingerprint density at radius 3 is 2.55 bits per heavy atom. The van der Waals surface area contributed by atoms with Gasteiger partial charge in [-0.15, -0.1) is 0 Å². The van der Waals surface area contributed by atoms with Crippen molar-refractivity contribution in [3.8, 4) is 17.2 Å². The fourth-order valence-corrected chi connectivity index (χ4v) is 2.58. The van der Waals surface area contributed by atoms with Crippen LogP contribution in [0.1, 0.15) is 0 Å². The summed E-state index contributed by atoms with van der Waals surface area (Å²) >= 11 is 0. The Morgan fingerprint density at radius 1 is 1.00 bits per heavy atom. The van der Waals surface area contributed by atoms with Gasteiger partial charge in [-0.2, -0.15) is 0 Å². The van der Waals surface area contributed by atoms with Crippen molar-refractivity contribution in [3.63, 3.8) is 0 Å². The molecule has 5 heteroatoms. The molecule has 2 aromatic carbocycles. The molecule has 0 amide bonds. The number of ether oxygens (including phenoxy) is 3. The minimum absolute atomic E-state index is 0.241. The highest BCUT2D eigenvalue weighted by atomic mass is 16.7. The van der Waals surface area contributed by atoms with Gasteiger partial charge in [0.2, 0.25) is 0 Å². The molecule has 0 fully saturated rings. The summed E-state index contributed by atoms with van der Waals surface area (Å²) in [4.78, 5) is 4.48. The van der Waals surface area contributed by atoms with E-state index in [0.29, 0.717) is 29.6 Å². The molecule has 1 atom stereocenters. The molecule has 2 heterocycles. The molecule has 0 bridgehead atoms. The van der Waals surface area contributed by atoms with E-state index in [0.717, 1.165) is 6.54 Å². The third-order valence-corrected chi connectivity index (χ3v) is 3.60. The SMILES string of the molecule is c1ccc(OC2(C3=NCCN3)COc3ccccc3O2)cc1. The molecule has 0 saturated carbocycles. The van der Waals surface area contributed by atoms with Crippen LogP contribution in [0.4, 0.5) is 0 Å². The Hall–Kier alpha value is -2.69. The lowest BCUT2D eigenvalue weighted by molar-refractivity contribution is -0.101. The summed E-state index contributed by atoms with van der Waals surface area (Å²) in [5, 5.41) is 3.24. The Labute approximate surface area is 128 Å². The zero-order chi connectivity index (χ0) is 14.8. The van der Waals surface area contributed by atoms with Gasteiger partial charge in [0.15, 0.2) is 23.9 Å². The number of para-hydroxylation sites is 3. The molecule has 0 aromatic heterocycles. The predicted octanol–water partition coefficient (Wildman–Crippen LogP) is 2.23. The Balaban J connectivity index is 1.71. The van der Waals surface area contributed by atoms with Crippen LogP contribution >= 0.6 is 0 Å². The second kappa shape index (κ2) is 5.26. The molecule has 0 aliphatic carbocycles. The van der Waals surface area contributed by atoms with Gasteiger partial charge in [0, 0.05) is 6.54 Å². The van der Waals surface area contributed by atoms with Crippen LogP contribution in [0.15, 0.2) is 59.6 Å². The Morgan fingerprint density at radius 2 is 1.77 bits per heavy atom. The van der Waals surface area contributed by atoms with Crippen LogP contribution in [-0.4, -0.2) is 31.3 Å². The molecule has 112 valence electrons. The lowest BCUT2D eigenvalue weighted by Crippen LogP contribution is -2.59. The van der Waals surface area contributed by atoms with E-state index in [1.165, 1.54) is 0 Å². The summed E-state index contributed by atoms with van der Waals surface area (Å²) < 4.78 is 18.2. The highest BCUT2D eigenvalue weighted by Crippen LogP contribution is 2.36. The largest absolute Gasteiger partial charge is 0.481 e.